The van der Waals surface area contributed by atoms with Crippen LogP contribution in [0.25, 0.3) is 0 Å². The Kier molecular flexibility index (Phi) is 4.27. The molecule has 23 heavy (non-hydrogen) atoms. The lowest BCUT2D eigenvalue weighted by molar-refractivity contribution is 0.210. The van der Waals surface area contributed by atoms with Gasteiger partial charge in [0.2, 0.25) is 10.0 Å². The van der Waals surface area contributed by atoms with Crippen molar-refractivity contribution in [1.29, 1.82) is 0 Å². The molecule has 0 bridgehead atoms. The Hall–Kier alpha value is -1.69. The summed E-state index contributed by atoms with van der Waals surface area (Å²) in [5.74, 6) is 0. The second-order valence-electron chi connectivity index (χ2n) is 6.23. The van der Waals surface area contributed by atoms with Gasteiger partial charge in [0.15, 0.2) is 0 Å². The number of epoxide rings is 1. The Bertz CT molecular complexity index is 753. The molecule has 0 amide bonds. The SMILES string of the molecule is CC(C)(c1ccccc1)N(CC1CO1)S(=O)(=O)c1ccccc1. The third-order valence-electron chi connectivity index (χ3n) is 4.21. The zero-order valence-corrected chi connectivity index (χ0v) is 14.2. The first-order valence-electron chi connectivity index (χ1n) is 7.67. The molecule has 2 aromatic rings. The maximum atomic E-state index is 13.2. The first-order valence-corrected chi connectivity index (χ1v) is 9.11. The van der Waals surface area contributed by atoms with Crippen LogP contribution in [0.1, 0.15) is 19.4 Å². The summed E-state index contributed by atoms with van der Waals surface area (Å²) in [5.41, 5.74) is 0.294. The van der Waals surface area contributed by atoms with E-state index in [2.05, 4.69) is 0 Å². The fourth-order valence-electron chi connectivity index (χ4n) is 2.69. The molecule has 122 valence electrons. The molecule has 0 N–H and O–H groups in total. The van der Waals surface area contributed by atoms with E-state index in [1.165, 1.54) is 0 Å². The third-order valence-corrected chi connectivity index (χ3v) is 6.26. The summed E-state index contributed by atoms with van der Waals surface area (Å²) in [7, 11) is -3.61. The molecule has 0 saturated carbocycles. The molecule has 1 aliphatic rings. The number of ether oxygens (including phenoxy) is 1. The van der Waals surface area contributed by atoms with E-state index in [-0.39, 0.29) is 6.10 Å². The lowest BCUT2D eigenvalue weighted by Gasteiger charge is -2.37. The van der Waals surface area contributed by atoms with Gasteiger partial charge in [-0.3, -0.25) is 0 Å². The Morgan fingerprint density at radius 2 is 1.57 bits per heavy atom. The molecule has 1 aliphatic heterocycles. The van der Waals surface area contributed by atoms with E-state index in [1.54, 1.807) is 28.6 Å². The highest BCUT2D eigenvalue weighted by molar-refractivity contribution is 7.89. The van der Waals surface area contributed by atoms with E-state index in [0.717, 1.165) is 5.56 Å². The van der Waals surface area contributed by atoms with Gasteiger partial charge in [0.25, 0.3) is 0 Å². The average molecular weight is 331 g/mol. The van der Waals surface area contributed by atoms with Crippen molar-refractivity contribution in [2.24, 2.45) is 0 Å². The van der Waals surface area contributed by atoms with Gasteiger partial charge in [-0.05, 0) is 31.5 Å². The molecule has 1 unspecified atom stereocenters. The van der Waals surface area contributed by atoms with Crippen LogP contribution in [0.3, 0.4) is 0 Å². The normalized spacial score (nSPS) is 18.1. The van der Waals surface area contributed by atoms with Crippen LogP contribution in [0.15, 0.2) is 65.6 Å². The van der Waals surface area contributed by atoms with Crippen molar-refractivity contribution >= 4 is 10.0 Å². The minimum atomic E-state index is -3.61. The highest BCUT2D eigenvalue weighted by Crippen LogP contribution is 2.34. The fraction of sp³-hybridized carbons (Fsp3) is 0.333. The summed E-state index contributed by atoms with van der Waals surface area (Å²) >= 11 is 0. The first kappa shape index (κ1) is 16.2. The van der Waals surface area contributed by atoms with Crippen molar-refractivity contribution in [1.82, 2.24) is 4.31 Å². The van der Waals surface area contributed by atoms with Crippen LogP contribution in [-0.4, -0.2) is 32.0 Å². The van der Waals surface area contributed by atoms with E-state index in [1.807, 2.05) is 50.2 Å². The summed E-state index contributed by atoms with van der Waals surface area (Å²) in [5, 5.41) is 0. The van der Waals surface area contributed by atoms with Gasteiger partial charge in [0, 0.05) is 6.54 Å². The summed E-state index contributed by atoms with van der Waals surface area (Å²) in [6.07, 6.45) is -0.0172. The molecule has 1 heterocycles. The maximum Gasteiger partial charge on any atom is 0.243 e. The molecule has 2 aromatic carbocycles. The molecule has 0 spiro atoms. The Balaban J connectivity index is 2.04. The van der Waals surface area contributed by atoms with Gasteiger partial charge < -0.3 is 4.74 Å². The van der Waals surface area contributed by atoms with Gasteiger partial charge in [0.05, 0.1) is 23.1 Å². The number of hydrogen-bond acceptors (Lipinski definition) is 3. The summed E-state index contributed by atoms with van der Waals surface area (Å²) in [6, 6.07) is 18.3. The first-order chi connectivity index (χ1) is 10.9. The predicted octanol–water partition coefficient (Wildman–Crippen LogP) is 3.01. The molecule has 0 aromatic heterocycles. The summed E-state index contributed by atoms with van der Waals surface area (Å²) in [4.78, 5) is 0.310. The number of rotatable bonds is 6. The van der Waals surface area contributed by atoms with Crippen LogP contribution in [0.4, 0.5) is 0 Å². The van der Waals surface area contributed by atoms with E-state index in [4.69, 9.17) is 4.74 Å². The topological polar surface area (TPSA) is 49.9 Å². The molecule has 0 radical (unpaired) electrons. The third kappa shape index (κ3) is 3.32. The molecule has 3 rings (SSSR count). The van der Waals surface area contributed by atoms with Gasteiger partial charge in [-0.1, -0.05) is 48.5 Å². The van der Waals surface area contributed by atoms with Crippen molar-refractivity contribution < 1.29 is 13.2 Å². The molecule has 1 saturated heterocycles. The van der Waals surface area contributed by atoms with Crippen molar-refractivity contribution in [3.05, 3.63) is 66.2 Å². The van der Waals surface area contributed by atoms with Crippen LogP contribution in [0.2, 0.25) is 0 Å². The Morgan fingerprint density at radius 1 is 1.04 bits per heavy atom. The smallest absolute Gasteiger partial charge is 0.243 e. The quantitative estimate of drug-likeness (QED) is 0.765. The number of benzene rings is 2. The van der Waals surface area contributed by atoms with Crippen molar-refractivity contribution in [2.45, 2.75) is 30.4 Å². The molecular weight excluding hydrogens is 310 g/mol. The lowest BCUT2D eigenvalue weighted by Crippen LogP contribution is -2.47. The zero-order chi connectivity index (χ0) is 16.5. The van der Waals surface area contributed by atoms with Crippen molar-refractivity contribution in [3.8, 4) is 0 Å². The van der Waals surface area contributed by atoms with Crippen molar-refractivity contribution in [2.75, 3.05) is 13.2 Å². The number of hydrogen-bond donors (Lipinski definition) is 0. The van der Waals surface area contributed by atoms with Crippen LogP contribution in [-0.2, 0) is 20.3 Å². The maximum absolute atomic E-state index is 13.2. The van der Waals surface area contributed by atoms with Gasteiger partial charge >= 0.3 is 0 Å². The van der Waals surface area contributed by atoms with Crippen LogP contribution in [0.5, 0.6) is 0 Å². The van der Waals surface area contributed by atoms with E-state index >= 15 is 0 Å². The summed E-state index contributed by atoms with van der Waals surface area (Å²) in [6.45, 7) is 4.85. The van der Waals surface area contributed by atoms with Gasteiger partial charge in [-0.2, -0.15) is 4.31 Å². The predicted molar refractivity (Wildman–Crippen MR) is 89.5 cm³/mol. The monoisotopic (exact) mass is 331 g/mol. The Morgan fingerprint density at radius 3 is 2.09 bits per heavy atom. The van der Waals surface area contributed by atoms with Gasteiger partial charge in [0.1, 0.15) is 0 Å². The average Bonchev–Trinajstić information content (AvgIpc) is 3.38. The number of nitrogens with zero attached hydrogens (tertiary/aromatic N) is 1. The van der Waals surface area contributed by atoms with E-state index in [0.29, 0.717) is 18.0 Å². The highest BCUT2D eigenvalue weighted by atomic mass is 32.2. The van der Waals surface area contributed by atoms with E-state index in [9.17, 15) is 8.42 Å². The zero-order valence-electron chi connectivity index (χ0n) is 13.3. The van der Waals surface area contributed by atoms with Gasteiger partial charge in [-0.25, -0.2) is 8.42 Å². The van der Waals surface area contributed by atoms with Crippen LogP contribution >= 0.6 is 0 Å². The molecule has 1 atom stereocenters. The molecule has 1 fully saturated rings. The van der Waals surface area contributed by atoms with E-state index < -0.39 is 15.6 Å². The largest absolute Gasteiger partial charge is 0.372 e. The highest BCUT2D eigenvalue weighted by Gasteiger charge is 2.42. The minimum Gasteiger partial charge on any atom is -0.372 e. The standard InChI is InChI=1S/C18H21NO3S/c1-18(2,15-9-5-3-6-10-15)19(13-16-14-22-16)23(20,21)17-11-7-4-8-12-17/h3-12,16H,13-14H2,1-2H3. The van der Waals surface area contributed by atoms with Crippen LogP contribution in [0, 0.1) is 0 Å². The van der Waals surface area contributed by atoms with Crippen LogP contribution < -0.4 is 0 Å². The second-order valence-corrected chi connectivity index (χ2v) is 8.09. The number of sulfonamides is 1. The minimum absolute atomic E-state index is 0.0172. The molecular formula is C18H21NO3S. The Labute approximate surface area is 137 Å². The van der Waals surface area contributed by atoms with Gasteiger partial charge in [-0.15, -0.1) is 0 Å². The summed E-state index contributed by atoms with van der Waals surface area (Å²) < 4.78 is 33.2. The fourth-order valence-corrected chi connectivity index (χ4v) is 4.52. The molecule has 0 aliphatic carbocycles. The molecule has 5 heteroatoms. The molecule has 4 nitrogen and oxygen atoms in total. The lowest BCUT2D eigenvalue weighted by atomic mass is 9.94. The van der Waals surface area contributed by atoms with Crippen molar-refractivity contribution in [3.63, 3.8) is 0 Å². The second kappa shape index (κ2) is 6.07.